The normalized spacial score (nSPS) is 24.7. The molecule has 0 unspecified atom stereocenters. The fraction of sp³-hybridized carbons (Fsp3) is 0.600. The largest absolute Gasteiger partial charge is 0.373 e. The van der Waals surface area contributed by atoms with Gasteiger partial charge in [-0.15, -0.1) is 11.3 Å². The molecule has 2 aliphatic heterocycles. The Kier molecular flexibility index (Phi) is 3.32. The highest BCUT2D eigenvalue weighted by Crippen LogP contribution is 2.36. The lowest BCUT2D eigenvalue weighted by Gasteiger charge is -2.32. The van der Waals surface area contributed by atoms with Crippen LogP contribution in [0, 0.1) is 6.92 Å². The summed E-state index contributed by atoms with van der Waals surface area (Å²) in [6.07, 6.45) is 3.30. The van der Waals surface area contributed by atoms with Crippen LogP contribution in [0.2, 0.25) is 0 Å². The van der Waals surface area contributed by atoms with Gasteiger partial charge in [-0.05, 0) is 50.7 Å². The third-order valence-corrected chi connectivity index (χ3v) is 5.31. The number of nitrogens with one attached hydrogen (secondary N) is 2. The van der Waals surface area contributed by atoms with Crippen LogP contribution < -0.4 is 10.6 Å². The first kappa shape index (κ1) is 13.4. The highest BCUT2D eigenvalue weighted by atomic mass is 32.1. The fourth-order valence-electron chi connectivity index (χ4n) is 3.43. The fourth-order valence-corrected chi connectivity index (χ4v) is 4.24. The Morgan fingerprint density at radius 1 is 1.38 bits per heavy atom. The van der Waals surface area contributed by atoms with Crippen LogP contribution in [0.15, 0.2) is 11.4 Å². The lowest BCUT2D eigenvalue weighted by molar-refractivity contribution is -0.0192. The van der Waals surface area contributed by atoms with Gasteiger partial charge in [0.05, 0.1) is 23.6 Å². The first-order valence-electron chi connectivity index (χ1n) is 7.57. The second-order valence-electron chi connectivity index (χ2n) is 6.05. The molecule has 1 atom stereocenters. The standard InChI is InChI=1S/C15H20N4OS/c1-10-17-13(12-2-7-21-14(12)18-10)19-11-8-15(20-9-11)3-5-16-6-4-15/h2,7,11,16H,3-6,8-9H2,1H3,(H,17,18,19)/t11-/m0/s1. The number of thiophene rings is 1. The van der Waals surface area contributed by atoms with E-state index in [4.69, 9.17) is 4.74 Å². The molecule has 2 aromatic rings. The lowest BCUT2D eigenvalue weighted by Crippen LogP contribution is -2.41. The molecular weight excluding hydrogens is 284 g/mol. The van der Waals surface area contributed by atoms with Crippen molar-refractivity contribution in [2.75, 3.05) is 25.0 Å². The van der Waals surface area contributed by atoms with Crippen LogP contribution in [0.1, 0.15) is 25.1 Å². The predicted molar refractivity (Wildman–Crippen MR) is 85.0 cm³/mol. The van der Waals surface area contributed by atoms with Gasteiger partial charge in [0.15, 0.2) is 0 Å². The number of aromatic nitrogens is 2. The van der Waals surface area contributed by atoms with Crippen LogP contribution in [0.4, 0.5) is 5.82 Å². The third kappa shape index (κ3) is 2.52. The zero-order valence-corrected chi connectivity index (χ0v) is 13.0. The van der Waals surface area contributed by atoms with Crippen molar-refractivity contribution in [2.24, 2.45) is 0 Å². The molecule has 0 amide bonds. The molecule has 4 heterocycles. The Balaban J connectivity index is 1.54. The number of fused-ring (bicyclic) bond motifs is 1. The molecule has 0 saturated carbocycles. The Morgan fingerprint density at radius 2 is 2.24 bits per heavy atom. The monoisotopic (exact) mass is 304 g/mol. The average molecular weight is 304 g/mol. The maximum Gasteiger partial charge on any atom is 0.138 e. The van der Waals surface area contributed by atoms with Crippen LogP contribution >= 0.6 is 11.3 Å². The zero-order chi connectivity index (χ0) is 14.3. The Labute approximate surface area is 128 Å². The van der Waals surface area contributed by atoms with Gasteiger partial charge < -0.3 is 15.4 Å². The van der Waals surface area contributed by atoms with Crippen molar-refractivity contribution in [2.45, 2.75) is 37.8 Å². The maximum absolute atomic E-state index is 6.15. The predicted octanol–water partition coefficient (Wildman–Crippen LogP) is 2.32. The summed E-state index contributed by atoms with van der Waals surface area (Å²) in [6.45, 7) is 4.85. The second kappa shape index (κ2) is 5.19. The highest BCUT2D eigenvalue weighted by molar-refractivity contribution is 7.16. The molecule has 2 saturated heterocycles. The Bertz CT molecular complexity index is 650. The highest BCUT2D eigenvalue weighted by Gasteiger charge is 2.41. The van der Waals surface area contributed by atoms with Crippen LogP contribution in [0.25, 0.3) is 10.2 Å². The van der Waals surface area contributed by atoms with Crippen molar-refractivity contribution in [1.29, 1.82) is 0 Å². The van der Waals surface area contributed by atoms with Crippen LogP contribution in [0.5, 0.6) is 0 Å². The van der Waals surface area contributed by atoms with Gasteiger partial charge >= 0.3 is 0 Å². The maximum atomic E-state index is 6.15. The molecule has 2 fully saturated rings. The number of nitrogens with zero attached hydrogens (tertiary/aromatic N) is 2. The van der Waals surface area contributed by atoms with Crippen molar-refractivity contribution < 1.29 is 4.74 Å². The molecule has 1 spiro atoms. The summed E-state index contributed by atoms with van der Waals surface area (Å²) < 4.78 is 6.15. The molecule has 4 rings (SSSR count). The van der Waals surface area contributed by atoms with E-state index in [0.29, 0.717) is 6.04 Å². The van der Waals surface area contributed by atoms with Gasteiger partial charge in [-0.1, -0.05) is 0 Å². The van der Waals surface area contributed by atoms with Crippen LogP contribution in [-0.4, -0.2) is 41.3 Å². The van der Waals surface area contributed by atoms with Crippen molar-refractivity contribution >= 4 is 27.4 Å². The topological polar surface area (TPSA) is 59.1 Å². The molecule has 0 bridgehead atoms. The molecule has 0 aromatic carbocycles. The summed E-state index contributed by atoms with van der Waals surface area (Å²) in [5.74, 6) is 1.78. The first-order valence-corrected chi connectivity index (χ1v) is 8.45. The summed E-state index contributed by atoms with van der Waals surface area (Å²) in [5.41, 5.74) is 0.0821. The number of rotatable bonds is 2. The average Bonchev–Trinajstić information content (AvgIpc) is 3.07. The molecule has 5 nitrogen and oxygen atoms in total. The van der Waals surface area contributed by atoms with Gasteiger partial charge in [0, 0.05) is 0 Å². The molecule has 0 radical (unpaired) electrons. The van der Waals surface area contributed by atoms with E-state index in [0.717, 1.165) is 60.8 Å². The minimum Gasteiger partial charge on any atom is -0.373 e. The van der Waals surface area contributed by atoms with Gasteiger partial charge in [0.2, 0.25) is 0 Å². The summed E-state index contributed by atoms with van der Waals surface area (Å²) >= 11 is 1.66. The number of hydrogen-bond acceptors (Lipinski definition) is 6. The van der Waals surface area contributed by atoms with Crippen molar-refractivity contribution in [3.8, 4) is 0 Å². The van der Waals surface area contributed by atoms with Gasteiger partial charge in [-0.3, -0.25) is 0 Å². The van der Waals surface area contributed by atoms with Gasteiger partial charge in [-0.2, -0.15) is 0 Å². The van der Waals surface area contributed by atoms with E-state index >= 15 is 0 Å². The van der Waals surface area contributed by atoms with E-state index in [1.54, 1.807) is 11.3 Å². The van der Waals surface area contributed by atoms with Crippen LogP contribution in [0.3, 0.4) is 0 Å². The quantitative estimate of drug-likeness (QED) is 0.892. The zero-order valence-electron chi connectivity index (χ0n) is 12.2. The number of anilines is 1. The first-order chi connectivity index (χ1) is 10.2. The van der Waals surface area contributed by atoms with E-state index in [-0.39, 0.29) is 5.60 Å². The molecule has 112 valence electrons. The SMILES string of the molecule is Cc1nc(N[C@@H]2COC3(CCNCC3)C2)c2ccsc2n1. The summed E-state index contributed by atoms with van der Waals surface area (Å²) in [7, 11) is 0. The van der Waals surface area contributed by atoms with Crippen LogP contribution in [-0.2, 0) is 4.74 Å². The van der Waals surface area contributed by atoms with Gasteiger partial charge in [-0.25, -0.2) is 9.97 Å². The van der Waals surface area contributed by atoms with Gasteiger partial charge in [0.25, 0.3) is 0 Å². The number of hydrogen-bond donors (Lipinski definition) is 2. The smallest absolute Gasteiger partial charge is 0.138 e. The summed E-state index contributed by atoms with van der Waals surface area (Å²) in [4.78, 5) is 10.1. The second-order valence-corrected chi connectivity index (χ2v) is 6.94. The van der Waals surface area contributed by atoms with Crippen molar-refractivity contribution in [3.63, 3.8) is 0 Å². The minimum atomic E-state index is 0.0821. The molecule has 6 heteroatoms. The number of ether oxygens (including phenoxy) is 1. The van der Waals surface area contributed by atoms with E-state index in [1.165, 1.54) is 0 Å². The molecule has 0 aliphatic carbocycles. The molecule has 2 aliphatic rings. The molecular formula is C15H20N4OS. The molecule has 2 N–H and O–H groups in total. The Hall–Kier alpha value is -1.24. The Morgan fingerprint density at radius 3 is 3.10 bits per heavy atom. The summed E-state index contributed by atoms with van der Waals surface area (Å²) in [6, 6.07) is 2.44. The minimum absolute atomic E-state index is 0.0821. The summed E-state index contributed by atoms with van der Waals surface area (Å²) in [5, 5.41) is 10.2. The third-order valence-electron chi connectivity index (χ3n) is 4.50. The lowest BCUT2D eigenvalue weighted by atomic mass is 9.88. The van der Waals surface area contributed by atoms with E-state index < -0.39 is 0 Å². The molecule has 2 aromatic heterocycles. The van der Waals surface area contributed by atoms with E-state index in [2.05, 4.69) is 32.0 Å². The van der Waals surface area contributed by atoms with E-state index in [9.17, 15) is 0 Å². The van der Waals surface area contributed by atoms with Gasteiger partial charge in [0.1, 0.15) is 16.5 Å². The number of piperidine rings is 1. The van der Waals surface area contributed by atoms with Crippen molar-refractivity contribution in [1.82, 2.24) is 15.3 Å². The van der Waals surface area contributed by atoms with Crippen molar-refractivity contribution in [3.05, 3.63) is 17.3 Å². The molecule has 21 heavy (non-hydrogen) atoms. The van der Waals surface area contributed by atoms with E-state index in [1.807, 2.05) is 6.92 Å². The number of aryl methyl sites for hydroxylation is 1.